The molecule has 0 amide bonds. The number of aromatic nitrogens is 1. The molecule has 1 saturated carbocycles. The minimum absolute atomic E-state index is 0.390. The number of pyridine rings is 1. The lowest BCUT2D eigenvalue weighted by molar-refractivity contribution is 0.638. The summed E-state index contributed by atoms with van der Waals surface area (Å²) < 4.78 is 0.390. The Bertz CT molecular complexity index is 351. The minimum atomic E-state index is 0.390. The van der Waals surface area contributed by atoms with Crippen molar-refractivity contribution in [1.82, 2.24) is 4.98 Å². The van der Waals surface area contributed by atoms with Crippen LogP contribution in [0.1, 0.15) is 25.7 Å². The maximum atomic E-state index is 6.07. The quantitative estimate of drug-likeness (QED) is 0.887. The van der Waals surface area contributed by atoms with Crippen LogP contribution in [-0.4, -0.2) is 22.5 Å². The summed E-state index contributed by atoms with van der Waals surface area (Å²) in [6, 6.07) is 3.73. The van der Waals surface area contributed by atoms with E-state index in [0.717, 1.165) is 12.4 Å². The van der Waals surface area contributed by atoms with E-state index in [0.29, 0.717) is 9.77 Å². The molecule has 0 unspecified atom stereocenters. The third kappa shape index (κ3) is 2.64. The molecular weight excluding hydrogens is 240 g/mol. The molecule has 0 atom stereocenters. The van der Waals surface area contributed by atoms with E-state index in [-0.39, 0.29) is 0 Å². The number of anilines is 1. The van der Waals surface area contributed by atoms with Crippen molar-refractivity contribution in [2.24, 2.45) is 0 Å². The van der Waals surface area contributed by atoms with Gasteiger partial charge in [0.1, 0.15) is 5.82 Å². The van der Waals surface area contributed by atoms with E-state index in [1.807, 2.05) is 23.9 Å². The van der Waals surface area contributed by atoms with Crippen LogP contribution in [0.15, 0.2) is 18.3 Å². The second-order valence-electron chi connectivity index (χ2n) is 4.28. The van der Waals surface area contributed by atoms with Crippen molar-refractivity contribution < 1.29 is 0 Å². The van der Waals surface area contributed by atoms with E-state index in [1.165, 1.54) is 25.7 Å². The smallest absolute Gasteiger partial charge is 0.144 e. The van der Waals surface area contributed by atoms with Crippen molar-refractivity contribution in [2.45, 2.75) is 30.4 Å². The van der Waals surface area contributed by atoms with Crippen LogP contribution in [0, 0.1) is 0 Å². The highest BCUT2D eigenvalue weighted by molar-refractivity contribution is 8.00. The van der Waals surface area contributed by atoms with Crippen molar-refractivity contribution in [1.29, 1.82) is 0 Å². The second kappa shape index (κ2) is 5.28. The average molecular weight is 257 g/mol. The molecule has 1 aliphatic rings. The first-order valence-electron chi connectivity index (χ1n) is 5.65. The SMILES string of the molecule is CSC1(CNc2ncccc2Cl)CCCC1. The maximum absolute atomic E-state index is 6.07. The van der Waals surface area contributed by atoms with E-state index in [2.05, 4.69) is 16.6 Å². The number of nitrogens with zero attached hydrogens (tertiary/aromatic N) is 1. The summed E-state index contributed by atoms with van der Waals surface area (Å²) >= 11 is 8.04. The Kier molecular flexibility index (Phi) is 3.98. The first-order valence-corrected chi connectivity index (χ1v) is 7.26. The van der Waals surface area contributed by atoms with Gasteiger partial charge in [0.2, 0.25) is 0 Å². The monoisotopic (exact) mass is 256 g/mol. The number of hydrogen-bond donors (Lipinski definition) is 1. The molecule has 1 aromatic heterocycles. The standard InChI is InChI=1S/C12H17ClN2S/c1-16-12(6-2-3-7-12)9-15-11-10(13)5-4-8-14-11/h4-5,8H,2-3,6-7,9H2,1H3,(H,14,15). The summed E-state index contributed by atoms with van der Waals surface area (Å²) in [6.07, 6.45) is 9.26. The summed E-state index contributed by atoms with van der Waals surface area (Å²) in [5.74, 6) is 0.810. The third-order valence-corrected chi connectivity index (χ3v) is 5.01. The fourth-order valence-electron chi connectivity index (χ4n) is 2.23. The number of nitrogens with one attached hydrogen (secondary N) is 1. The second-order valence-corrected chi connectivity index (χ2v) is 5.96. The Labute approximate surface area is 106 Å². The van der Waals surface area contributed by atoms with Gasteiger partial charge >= 0.3 is 0 Å². The zero-order valence-electron chi connectivity index (χ0n) is 9.50. The molecule has 0 aliphatic heterocycles. The van der Waals surface area contributed by atoms with Gasteiger partial charge in [0.15, 0.2) is 0 Å². The number of halogens is 1. The highest BCUT2D eigenvalue weighted by Crippen LogP contribution is 2.40. The predicted molar refractivity (Wildman–Crippen MR) is 72.5 cm³/mol. The molecule has 1 aromatic rings. The summed E-state index contributed by atoms with van der Waals surface area (Å²) in [4.78, 5) is 4.25. The van der Waals surface area contributed by atoms with Crippen LogP contribution in [-0.2, 0) is 0 Å². The van der Waals surface area contributed by atoms with Crippen LogP contribution >= 0.6 is 23.4 Å². The van der Waals surface area contributed by atoms with Gasteiger partial charge in [0.05, 0.1) is 5.02 Å². The van der Waals surface area contributed by atoms with E-state index in [4.69, 9.17) is 11.6 Å². The molecule has 1 aliphatic carbocycles. The molecule has 0 aromatic carbocycles. The highest BCUT2D eigenvalue weighted by Gasteiger charge is 2.32. The van der Waals surface area contributed by atoms with Gasteiger partial charge in [0, 0.05) is 17.5 Å². The Morgan fingerprint density at radius 3 is 2.88 bits per heavy atom. The van der Waals surface area contributed by atoms with E-state index in [9.17, 15) is 0 Å². The first-order chi connectivity index (χ1) is 7.76. The van der Waals surface area contributed by atoms with Gasteiger partial charge in [-0.15, -0.1) is 0 Å². The zero-order valence-corrected chi connectivity index (χ0v) is 11.1. The van der Waals surface area contributed by atoms with Crippen LogP contribution in [0.25, 0.3) is 0 Å². The first kappa shape index (κ1) is 12.1. The number of thioether (sulfide) groups is 1. The lowest BCUT2D eigenvalue weighted by Gasteiger charge is -2.27. The van der Waals surface area contributed by atoms with Crippen molar-refractivity contribution >= 4 is 29.2 Å². The summed E-state index contributed by atoms with van der Waals surface area (Å²) in [7, 11) is 0. The topological polar surface area (TPSA) is 24.9 Å². The molecular formula is C12H17ClN2S. The molecule has 2 rings (SSSR count). The highest BCUT2D eigenvalue weighted by atomic mass is 35.5. The van der Waals surface area contributed by atoms with Crippen molar-refractivity contribution in [3.05, 3.63) is 23.4 Å². The van der Waals surface area contributed by atoms with Crippen LogP contribution in [0.4, 0.5) is 5.82 Å². The van der Waals surface area contributed by atoms with Gasteiger partial charge in [-0.3, -0.25) is 0 Å². The fourth-order valence-corrected chi connectivity index (χ4v) is 3.33. The van der Waals surface area contributed by atoms with Gasteiger partial charge in [-0.1, -0.05) is 24.4 Å². The summed E-state index contributed by atoms with van der Waals surface area (Å²) in [6.45, 7) is 0.963. The minimum Gasteiger partial charge on any atom is -0.367 e. The third-order valence-electron chi connectivity index (χ3n) is 3.28. The number of rotatable bonds is 4. The Balaban J connectivity index is 1.98. The maximum Gasteiger partial charge on any atom is 0.144 e. The van der Waals surface area contributed by atoms with E-state index in [1.54, 1.807) is 6.20 Å². The predicted octanol–water partition coefficient (Wildman–Crippen LogP) is 3.82. The molecule has 88 valence electrons. The normalized spacial score (nSPS) is 18.6. The van der Waals surface area contributed by atoms with E-state index >= 15 is 0 Å². The molecule has 0 saturated heterocycles. The lowest BCUT2D eigenvalue weighted by Crippen LogP contribution is -2.30. The Morgan fingerprint density at radius 1 is 1.50 bits per heavy atom. The molecule has 1 heterocycles. The van der Waals surface area contributed by atoms with Crippen LogP contribution in [0.3, 0.4) is 0 Å². The summed E-state index contributed by atoms with van der Waals surface area (Å²) in [5, 5.41) is 4.09. The van der Waals surface area contributed by atoms with Crippen molar-refractivity contribution in [3.8, 4) is 0 Å². The molecule has 0 bridgehead atoms. The van der Waals surface area contributed by atoms with Crippen LogP contribution < -0.4 is 5.32 Å². The number of hydrogen-bond acceptors (Lipinski definition) is 3. The molecule has 1 fully saturated rings. The largest absolute Gasteiger partial charge is 0.367 e. The molecule has 1 N–H and O–H groups in total. The van der Waals surface area contributed by atoms with E-state index < -0.39 is 0 Å². The van der Waals surface area contributed by atoms with Gasteiger partial charge in [-0.2, -0.15) is 11.8 Å². The molecule has 0 spiro atoms. The molecule has 16 heavy (non-hydrogen) atoms. The van der Waals surface area contributed by atoms with Gasteiger partial charge in [-0.25, -0.2) is 4.98 Å². The molecule has 0 radical (unpaired) electrons. The fraction of sp³-hybridized carbons (Fsp3) is 0.583. The average Bonchev–Trinajstić information content (AvgIpc) is 2.78. The van der Waals surface area contributed by atoms with Crippen LogP contribution in [0.2, 0.25) is 5.02 Å². The summed E-state index contributed by atoms with van der Waals surface area (Å²) in [5.41, 5.74) is 0. The Morgan fingerprint density at radius 2 is 2.25 bits per heavy atom. The van der Waals surface area contributed by atoms with Gasteiger partial charge < -0.3 is 5.32 Å². The van der Waals surface area contributed by atoms with Crippen molar-refractivity contribution in [2.75, 3.05) is 18.1 Å². The molecule has 2 nitrogen and oxygen atoms in total. The van der Waals surface area contributed by atoms with Gasteiger partial charge in [0.25, 0.3) is 0 Å². The van der Waals surface area contributed by atoms with Gasteiger partial charge in [-0.05, 0) is 31.2 Å². The molecule has 4 heteroatoms. The Hall–Kier alpha value is -0.410. The zero-order chi connectivity index (χ0) is 11.4. The van der Waals surface area contributed by atoms with Crippen molar-refractivity contribution in [3.63, 3.8) is 0 Å². The lowest BCUT2D eigenvalue weighted by atomic mass is 10.1. The van der Waals surface area contributed by atoms with Crippen LogP contribution in [0.5, 0.6) is 0 Å².